The SMILES string of the molecule is CC1(C)OB(c2ccc3c(c2)c2ccccc2n3-c2nc(-c3ccccc3)nc(-c3ccccc3)n2)OC1(C)Cc1cccc(-c2nc(Cl)nc(-c3ccccc3)n2)c1. The second-order valence-electron chi connectivity index (χ2n) is 15.4. The average Bonchev–Trinajstić information content (AvgIpc) is 3.73. The Morgan fingerprint density at radius 3 is 1.66 bits per heavy atom. The molecule has 0 bridgehead atoms. The number of hydrogen-bond acceptors (Lipinski definition) is 8. The molecule has 9 aromatic rings. The molecule has 0 N–H and O–H groups in total. The predicted molar refractivity (Wildman–Crippen MR) is 234 cm³/mol. The quantitative estimate of drug-likeness (QED) is 0.140. The van der Waals surface area contributed by atoms with Gasteiger partial charge in [0.25, 0.3) is 0 Å². The normalized spacial score (nSPS) is 16.2. The number of aromatic nitrogens is 7. The fraction of sp³-hybridized carbons (Fsp3) is 0.125. The Kier molecular flexibility index (Phi) is 9.13. The van der Waals surface area contributed by atoms with Gasteiger partial charge in [-0.3, -0.25) is 4.57 Å². The molecule has 6 aromatic carbocycles. The molecule has 0 radical (unpaired) electrons. The van der Waals surface area contributed by atoms with Crippen LogP contribution in [0.2, 0.25) is 5.28 Å². The lowest BCUT2D eigenvalue weighted by Gasteiger charge is -2.36. The summed E-state index contributed by atoms with van der Waals surface area (Å²) in [6.07, 6.45) is 0.586. The molecule has 0 saturated carbocycles. The third kappa shape index (κ3) is 6.85. The van der Waals surface area contributed by atoms with Crippen LogP contribution < -0.4 is 5.46 Å². The minimum absolute atomic E-state index is 0.144. The lowest BCUT2D eigenvalue weighted by Crippen LogP contribution is -2.46. The first-order valence-electron chi connectivity index (χ1n) is 19.5. The highest BCUT2D eigenvalue weighted by Gasteiger charge is 2.54. The molecule has 1 fully saturated rings. The Morgan fingerprint density at radius 2 is 1.03 bits per heavy atom. The highest BCUT2D eigenvalue weighted by molar-refractivity contribution is 6.62. The molecular formula is C48H37BClN7O2. The molecule has 4 heterocycles. The minimum Gasteiger partial charge on any atom is -0.399 e. The molecule has 10 rings (SSSR count). The summed E-state index contributed by atoms with van der Waals surface area (Å²) in [6.45, 7) is 6.30. The van der Waals surface area contributed by atoms with E-state index in [-0.39, 0.29) is 5.28 Å². The van der Waals surface area contributed by atoms with E-state index in [1.807, 2.05) is 109 Å². The Hall–Kier alpha value is -6.59. The first kappa shape index (κ1) is 36.7. The van der Waals surface area contributed by atoms with Crippen molar-refractivity contribution in [3.8, 4) is 51.5 Å². The fourth-order valence-corrected chi connectivity index (χ4v) is 8.00. The van der Waals surface area contributed by atoms with Gasteiger partial charge in [-0.25, -0.2) is 9.97 Å². The number of nitrogens with zero attached hydrogens (tertiary/aromatic N) is 7. The maximum Gasteiger partial charge on any atom is 0.494 e. The van der Waals surface area contributed by atoms with Crippen molar-refractivity contribution in [2.45, 2.75) is 38.4 Å². The van der Waals surface area contributed by atoms with Crippen molar-refractivity contribution in [1.82, 2.24) is 34.5 Å². The van der Waals surface area contributed by atoms with E-state index < -0.39 is 18.3 Å². The monoisotopic (exact) mass is 789 g/mol. The van der Waals surface area contributed by atoms with Crippen molar-refractivity contribution in [3.05, 3.63) is 169 Å². The number of hydrogen-bond donors (Lipinski definition) is 0. The van der Waals surface area contributed by atoms with E-state index in [2.05, 4.69) is 83.8 Å². The Morgan fingerprint density at radius 1 is 0.508 bits per heavy atom. The van der Waals surface area contributed by atoms with E-state index in [4.69, 9.17) is 40.8 Å². The van der Waals surface area contributed by atoms with Gasteiger partial charge in [0.15, 0.2) is 23.3 Å². The van der Waals surface area contributed by atoms with Crippen LogP contribution >= 0.6 is 11.6 Å². The van der Waals surface area contributed by atoms with Gasteiger partial charge in [-0.2, -0.15) is 19.9 Å². The zero-order valence-electron chi connectivity index (χ0n) is 32.6. The molecule has 59 heavy (non-hydrogen) atoms. The number of benzene rings is 6. The molecule has 1 aliphatic rings. The number of rotatable bonds is 8. The Labute approximate surface area is 346 Å². The molecule has 1 atom stereocenters. The van der Waals surface area contributed by atoms with Crippen LogP contribution in [0.1, 0.15) is 26.3 Å². The number of fused-ring (bicyclic) bond motifs is 3. The molecule has 0 amide bonds. The third-order valence-corrected chi connectivity index (χ3v) is 11.4. The van der Waals surface area contributed by atoms with E-state index >= 15 is 0 Å². The lowest BCUT2D eigenvalue weighted by molar-refractivity contribution is -0.00876. The molecular weight excluding hydrogens is 753 g/mol. The maximum atomic E-state index is 6.95. The van der Waals surface area contributed by atoms with Gasteiger partial charge in [0, 0.05) is 39.4 Å². The summed E-state index contributed by atoms with van der Waals surface area (Å²) >= 11 is 6.41. The van der Waals surface area contributed by atoms with E-state index in [0.29, 0.717) is 35.7 Å². The van der Waals surface area contributed by atoms with Crippen molar-refractivity contribution in [1.29, 1.82) is 0 Å². The molecule has 11 heteroatoms. The molecule has 1 aliphatic heterocycles. The van der Waals surface area contributed by atoms with Crippen molar-refractivity contribution in [2.24, 2.45) is 0 Å². The summed E-state index contributed by atoms with van der Waals surface area (Å²) in [5, 5.41) is 2.25. The van der Waals surface area contributed by atoms with Crippen LogP contribution in [0.15, 0.2) is 158 Å². The third-order valence-electron chi connectivity index (χ3n) is 11.3. The highest BCUT2D eigenvalue weighted by Crippen LogP contribution is 2.41. The lowest BCUT2D eigenvalue weighted by atomic mass is 9.78. The first-order valence-corrected chi connectivity index (χ1v) is 19.9. The molecule has 0 aliphatic carbocycles. The molecule has 9 nitrogen and oxygen atoms in total. The summed E-state index contributed by atoms with van der Waals surface area (Å²) in [4.78, 5) is 28.7. The second-order valence-corrected chi connectivity index (χ2v) is 15.8. The average molecular weight is 790 g/mol. The van der Waals surface area contributed by atoms with Crippen LogP contribution in [0.25, 0.3) is 73.3 Å². The largest absolute Gasteiger partial charge is 0.494 e. The topological polar surface area (TPSA) is 101 Å². The van der Waals surface area contributed by atoms with Gasteiger partial charge in [-0.15, -0.1) is 0 Å². The minimum atomic E-state index is -0.683. The van der Waals surface area contributed by atoms with Crippen LogP contribution in [0.4, 0.5) is 0 Å². The smallest absolute Gasteiger partial charge is 0.399 e. The van der Waals surface area contributed by atoms with Crippen molar-refractivity contribution >= 4 is 46.0 Å². The molecule has 1 saturated heterocycles. The van der Waals surface area contributed by atoms with E-state index in [1.165, 1.54) is 0 Å². The highest BCUT2D eigenvalue weighted by atomic mass is 35.5. The Balaban J connectivity index is 0.995. The molecule has 3 aromatic heterocycles. The molecule has 1 unspecified atom stereocenters. The van der Waals surface area contributed by atoms with Gasteiger partial charge in [0.05, 0.1) is 22.2 Å². The van der Waals surface area contributed by atoms with Crippen LogP contribution in [0, 0.1) is 0 Å². The van der Waals surface area contributed by atoms with Crippen molar-refractivity contribution in [2.75, 3.05) is 0 Å². The van der Waals surface area contributed by atoms with Gasteiger partial charge in [0.1, 0.15) is 0 Å². The van der Waals surface area contributed by atoms with Gasteiger partial charge in [0.2, 0.25) is 11.2 Å². The van der Waals surface area contributed by atoms with Crippen LogP contribution in [-0.2, 0) is 15.7 Å². The summed E-state index contributed by atoms with van der Waals surface area (Å²) in [5.41, 5.74) is 6.14. The van der Waals surface area contributed by atoms with Gasteiger partial charge < -0.3 is 9.31 Å². The maximum absolute atomic E-state index is 6.95. The molecule has 0 spiro atoms. The van der Waals surface area contributed by atoms with E-state index in [1.54, 1.807) is 0 Å². The Bertz CT molecular complexity index is 2940. The summed E-state index contributed by atoms with van der Waals surface area (Å²) in [7, 11) is -0.605. The standard InChI is InChI=1S/C48H37BClN7O2/c1-47(2)48(3,30-31-16-15-23-35(28-31)44-51-41(53-45(50)54-44)32-17-7-4-8-18-32)59-49(58-47)36-26-27-40-38(29-36)37-24-13-14-25-39(37)57(40)46-55-42(33-19-9-5-10-20-33)52-43(56-46)34-21-11-6-12-22-34/h4-29H,30H2,1-3H3. The number of halogens is 1. The predicted octanol–water partition coefficient (Wildman–Crippen LogP) is 10.00. The zero-order valence-corrected chi connectivity index (χ0v) is 33.4. The van der Waals surface area contributed by atoms with Crippen molar-refractivity contribution < 1.29 is 9.31 Å². The summed E-state index contributed by atoms with van der Waals surface area (Å²) in [6, 6.07) is 52.7. The molecule has 286 valence electrons. The van der Waals surface area contributed by atoms with Crippen LogP contribution in [-0.4, -0.2) is 52.8 Å². The van der Waals surface area contributed by atoms with Crippen LogP contribution in [0.3, 0.4) is 0 Å². The van der Waals surface area contributed by atoms with E-state index in [0.717, 1.165) is 55.1 Å². The zero-order chi connectivity index (χ0) is 40.1. The summed E-state index contributed by atoms with van der Waals surface area (Å²) < 4.78 is 15.9. The van der Waals surface area contributed by atoms with Crippen LogP contribution in [0.5, 0.6) is 0 Å². The first-order chi connectivity index (χ1) is 28.7. The fourth-order valence-electron chi connectivity index (χ4n) is 7.84. The van der Waals surface area contributed by atoms with Gasteiger partial charge >= 0.3 is 7.12 Å². The van der Waals surface area contributed by atoms with Gasteiger partial charge in [-0.1, -0.05) is 140 Å². The summed E-state index contributed by atoms with van der Waals surface area (Å²) in [5.74, 6) is 2.78. The second kappa shape index (κ2) is 14.7. The van der Waals surface area contributed by atoms with Gasteiger partial charge in [-0.05, 0) is 61.6 Å². The van der Waals surface area contributed by atoms with E-state index in [9.17, 15) is 0 Å². The van der Waals surface area contributed by atoms with Crippen molar-refractivity contribution in [3.63, 3.8) is 0 Å². The number of para-hydroxylation sites is 1.